The topological polar surface area (TPSA) is 92.9 Å². The number of rotatable bonds is 5. The summed E-state index contributed by atoms with van der Waals surface area (Å²) in [6.07, 6.45) is 0. The standard InChI is InChI=1S/C26H22N2O5S/c1-13-11-14(2)21-19(12-13)34-26(27-21)28-22(16-7-5-6-8-17(16)32-4)20(24(30)25(28)31)23(29)18-10-9-15(3)33-18/h5-12,22,30H,1-4H3. The Morgan fingerprint density at radius 2 is 1.91 bits per heavy atom. The number of benzene rings is 2. The fraction of sp³-hybridized carbons (Fsp3) is 0.192. The number of hydrogen-bond donors (Lipinski definition) is 1. The van der Waals surface area contributed by atoms with Gasteiger partial charge in [-0.15, -0.1) is 0 Å². The summed E-state index contributed by atoms with van der Waals surface area (Å²) in [6, 6.07) is 13.4. The Balaban J connectivity index is 1.72. The summed E-state index contributed by atoms with van der Waals surface area (Å²) < 4.78 is 12.0. The third-order valence-electron chi connectivity index (χ3n) is 5.88. The largest absolute Gasteiger partial charge is 0.503 e. The minimum absolute atomic E-state index is 0.0457. The van der Waals surface area contributed by atoms with Gasteiger partial charge in [0.2, 0.25) is 5.78 Å². The number of nitrogens with zero attached hydrogens (tertiary/aromatic N) is 2. The fourth-order valence-electron chi connectivity index (χ4n) is 4.37. The van der Waals surface area contributed by atoms with Crippen LogP contribution in [0.4, 0.5) is 5.13 Å². The zero-order valence-corrected chi connectivity index (χ0v) is 19.9. The molecule has 34 heavy (non-hydrogen) atoms. The molecule has 2 aromatic heterocycles. The molecule has 1 amide bonds. The smallest absolute Gasteiger partial charge is 0.296 e. The lowest BCUT2D eigenvalue weighted by Crippen LogP contribution is -2.31. The highest BCUT2D eigenvalue weighted by atomic mass is 32.1. The quantitative estimate of drug-likeness (QED) is 0.378. The second-order valence-electron chi connectivity index (χ2n) is 8.25. The van der Waals surface area contributed by atoms with Gasteiger partial charge in [-0.05, 0) is 56.2 Å². The number of Topliss-reactive ketones (excluding diaryl/α,β-unsaturated/α-hetero) is 1. The zero-order valence-electron chi connectivity index (χ0n) is 19.1. The van der Waals surface area contributed by atoms with Crippen LogP contribution in [0.1, 0.15) is 39.0 Å². The molecule has 0 radical (unpaired) electrons. The highest BCUT2D eigenvalue weighted by Crippen LogP contribution is 2.46. The zero-order chi connectivity index (χ0) is 24.1. The van der Waals surface area contributed by atoms with Crippen molar-refractivity contribution in [3.05, 3.63) is 88.1 Å². The summed E-state index contributed by atoms with van der Waals surface area (Å²) in [5, 5.41) is 11.3. The molecule has 1 aliphatic rings. The Kier molecular flexibility index (Phi) is 5.25. The van der Waals surface area contributed by atoms with Crippen molar-refractivity contribution < 1.29 is 23.8 Å². The number of aromatic nitrogens is 1. The Morgan fingerprint density at radius 1 is 1.15 bits per heavy atom. The Bertz CT molecular complexity index is 1500. The highest BCUT2D eigenvalue weighted by Gasteiger charge is 2.47. The maximum atomic E-state index is 13.5. The number of thiazole rings is 1. The first kappa shape index (κ1) is 21.9. The van der Waals surface area contributed by atoms with E-state index < -0.39 is 23.5 Å². The van der Waals surface area contributed by atoms with E-state index in [1.807, 2.05) is 26.0 Å². The van der Waals surface area contributed by atoms with Crippen LogP contribution in [0.15, 0.2) is 64.3 Å². The molecule has 0 aliphatic carbocycles. The molecule has 0 fully saturated rings. The van der Waals surface area contributed by atoms with Gasteiger partial charge in [-0.2, -0.15) is 0 Å². The van der Waals surface area contributed by atoms with Crippen LogP contribution in [-0.4, -0.2) is 28.9 Å². The SMILES string of the molecule is COc1ccccc1C1C(C(=O)c2ccc(C)o2)=C(O)C(=O)N1c1nc2c(C)cc(C)cc2s1. The molecule has 4 aromatic rings. The van der Waals surface area contributed by atoms with E-state index in [4.69, 9.17) is 14.1 Å². The molecule has 1 unspecified atom stereocenters. The van der Waals surface area contributed by atoms with Crippen LogP contribution >= 0.6 is 11.3 Å². The fourth-order valence-corrected chi connectivity index (χ4v) is 5.54. The molecule has 172 valence electrons. The molecule has 2 aromatic carbocycles. The van der Waals surface area contributed by atoms with E-state index in [-0.39, 0.29) is 11.3 Å². The number of para-hydroxylation sites is 1. The number of aryl methyl sites for hydroxylation is 3. The van der Waals surface area contributed by atoms with Crippen molar-refractivity contribution in [3.63, 3.8) is 0 Å². The normalized spacial score (nSPS) is 16.1. The van der Waals surface area contributed by atoms with Crippen LogP contribution in [0.5, 0.6) is 5.75 Å². The summed E-state index contributed by atoms with van der Waals surface area (Å²) in [4.78, 5) is 33.0. The van der Waals surface area contributed by atoms with E-state index in [0.29, 0.717) is 22.2 Å². The van der Waals surface area contributed by atoms with Crippen LogP contribution in [0.25, 0.3) is 10.2 Å². The number of carbonyl (C=O) groups excluding carboxylic acids is 2. The van der Waals surface area contributed by atoms with E-state index in [2.05, 4.69) is 0 Å². The maximum absolute atomic E-state index is 13.5. The van der Waals surface area contributed by atoms with Crippen molar-refractivity contribution in [3.8, 4) is 5.75 Å². The predicted molar refractivity (Wildman–Crippen MR) is 130 cm³/mol. The van der Waals surface area contributed by atoms with Gasteiger partial charge in [-0.25, -0.2) is 4.98 Å². The third kappa shape index (κ3) is 3.38. The lowest BCUT2D eigenvalue weighted by atomic mass is 9.94. The number of aliphatic hydroxyl groups is 1. The predicted octanol–water partition coefficient (Wildman–Crippen LogP) is 5.61. The number of ketones is 1. The number of amides is 1. The van der Waals surface area contributed by atoms with Gasteiger partial charge >= 0.3 is 0 Å². The molecule has 0 saturated carbocycles. The van der Waals surface area contributed by atoms with Crippen LogP contribution < -0.4 is 9.64 Å². The number of anilines is 1. The molecule has 1 N–H and O–H groups in total. The molecule has 7 nitrogen and oxygen atoms in total. The first-order valence-electron chi connectivity index (χ1n) is 10.7. The van der Waals surface area contributed by atoms with Gasteiger partial charge in [0.1, 0.15) is 17.6 Å². The summed E-state index contributed by atoms with van der Waals surface area (Å²) in [5.41, 5.74) is 3.33. The number of hydrogen-bond acceptors (Lipinski definition) is 7. The molecule has 5 rings (SSSR count). The summed E-state index contributed by atoms with van der Waals surface area (Å²) >= 11 is 1.33. The van der Waals surface area contributed by atoms with Crippen molar-refractivity contribution in [2.75, 3.05) is 12.0 Å². The highest BCUT2D eigenvalue weighted by molar-refractivity contribution is 7.22. The maximum Gasteiger partial charge on any atom is 0.296 e. The second kappa shape index (κ2) is 8.14. The van der Waals surface area contributed by atoms with Gasteiger partial charge < -0.3 is 14.3 Å². The van der Waals surface area contributed by atoms with Gasteiger partial charge in [0.05, 0.1) is 22.9 Å². The first-order valence-corrected chi connectivity index (χ1v) is 11.5. The molecule has 0 saturated heterocycles. The van der Waals surface area contributed by atoms with Crippen molar-refractivity contribution >= 4 is 38.4 Å². The molecule has 1 aliphatic heterocycles. The summed E-state index contributed by atoms with van der Waals surface area (Å²) in [5.74, 6) is -0.808. The minimum atomic E-state index is -0.941. The Labute approximate surface area is 199 Å². The van der Waals surface area contributed by atoms with Gasteiger partial charge in [-0.1, -0.05) is 35.6 Å². The van der Waals surface area contributed by atoms with Crippen LogP contribution in [0.3, 0.4) is 0 Å². The lowest BCUT2D eigenvalue weighted by molar-refractivity contribution is -0.117. The number of methoxy groups -OCH3 is 1. The Hall–Kier alpha value is -3.91. The molecule has 0 spiro atoms. The first-order chi connectivity index (χ1) is 16.3. The van der Waals surface area contributed by atoms with E-state index in [1.54, 1.807) is 37.3 Å². The third-order valence-corrected chi connectivity index (χ3v) is 6.88. The average molecular weight is 475 g/mol. The van der Waals surface area contributed by atoms with Crippen molar-refractivity contribution in [1.29, 1.82) is 0 Å². The number of ether oxygens (including phenoxy) is 1. The molecular formula is C26H22N2O5S. The molecule has 8 heteroatoms. The number of carbonyl (C=O) groups is 2. The van der Waals surface area contributed by atoms with Crippen molar-refractivity contribution in [2.24, 2.45) is 0 Å². The monoisotopic (exact) mass is 474 g/mol. The molecule has 3 heterocycles. The van der Waals surface area contributed by atoms with E-state index in [1.165, 1.54) is 29.4 Å². The molecular weight excluding hydrogens is 452 g/mol. The molecule has 0 bridgehead atoms. The van der Waals surface area contributed by atoms with E-state index >= 15 is 0 Å². The Morgan fingerprint density at radius 3 is 2.62 bits per heavy atom. The van der Waals surface area contributed by atoms with E-state index in [9.17, 15) is 14.7 Å². The number of fused-ring (bicyclic) bond motifs is 1. The van der Waals surface area contributed by atoms with Crippen molar-refractivity contribution in [1.82, 2.24) is 4.98 Å². The number of aliphatic hydroxyl groups excluding tert-OH is 1. The minimum Gasteiger partial charge on any atom is -0.503 e. The van der Waals surface area contributed by atoms with Crippen LogP contribution in [0, 0.1) is 20.8 Å². The van der Waals surface area contributed by atoms with Crippen LogP contribution in [-0.2, 0) is 4.79 Å². The summed E-state index contributed by atoms with van der Waals surface area (Å²) in [7, 11) is 1.52. The van der Waals surface area contributed by atoms with Gasteiger partial charge in [-0.3, -0.25) is 14.5 Å². The second-order valence-corrected chi connectivity index (χ2v) is 9.26. The average Bonchev–Trinajstić information content (AvgIpc) is 3.50. The summed E-state index contributed by atoms with van der Waals surface area (Å²) in [6.45, 7) is 5.69. The van der Waals surface area contributed by atoms with Gasteiger partial charge in [0, 0.05) is 5.56 Å². The van der Waals surface area contributed by atoms with E-state index in [0.717, 1.165) is 21.3 Å². The number of furan rings is 1. The van der Waals surface area contributed by atoms with Gasteiger partial charge in [0.25, 0.3) is 5.91 Å². The van der Waals surface area contributed by atoms with Gasteiger partial charge in [0.15, 0.2) is 16.7 Å². The molecule has 1 atom stereocenters. The van der Waals surface area contributed by atoms with Crippen LogP contribution in [0.2, 0.25) is 0 Å². The lowest BCUT2D eigenvalue weighted by Gasteiger charge is -2.25. The van der Waals surface area contributed by atoms with Crippen molar-refractivity contribution in [2.45, 2.75) is 26.8 Å².